The zero-order chi connectivity index (χ0) is 18.9. The normalized spacial score (nSPS) is 16.6. The molecule has 26 heavy (non-hydrogen) atoms. The van der Waals surface area contributed by atoms with Gasteiger partial charge in [-0.1, -0.05) is 5.16 Å². The van der Waals surface area contributed by atoms with Crippen LogP contribution in [0, 0.1) is 12.7 Å². The molecule has 0 saturated carbocycles. The molecule has 1 aromatic carbocycles. The Bertz CT molecular complexity index is 922. The van der Waals surface area contributed by atoms with E-state index in [0.717, 1.165) is 25.0 Å². The number of aryl methyl sites for hydroxylation is 1. The summed E-state index contributed by atoms with van der Waals surface area (Å²) in [5.41, 5.74) is 0.0345. The molecule has 10 heteroatoms. The highest BCUT2D eigenvalue weighted by molar-refractivity contribution is 7.89. The van der Waals surface area contributed by atoms with Crippen molar-refractivity contribution in [2.24, 2.45) is 0 Å². The molecule has 1 saturated heterocycles. The quantitative estimate of drug-likeness (QED) is 0.845. The van der Waals surface area contributed by atoms with Gasteiger partial charge in [-0.2, -0.15) is 9.29 Å². The van der Waals surface area contributed by atoms with Crippen molar-refractivity contribution in [1.82, 2.24) is 19.8 Å². The van der Waals surface area contributed by atoms with Crippen LogP contribution in [-0.2, 0) is 10.0 Å². The van der Waals surface area contributed by atoms with Crippen molar-refractivity contribution in [3.63, 3.8) is 0 Å². The van der Waals surface area contributed by atoms with Gasteiger partial charge in [0.2, 0.25) is 15.9 Å². The first-order valence-corrected chi connectivity index (χ1v) is 9.64. The van der Waals surface area contributed by atoms with Crippen LogP contribution in [0.1, 0.15) is 47.9 Å². The molecular weight excluding hydrogens is 363 g/mol. The summed E-state index contributed by atoms with van der Waals surface area (Å²) >= 11 is 0. The molecule has 1 amide bonds. The fraction of sp³-hybridized carbons (Fsp3) is 0.438. The molecule has 0 radical (unpaired) electrons. The van der Waals surface area contributed by atoms with Crippen LogP contribution in [0.5, 0.6) is 0 Å². The average Bonchev–Trinajstić information content (AvgIpc) is 3.26. The maximum atomic E-state index is 14.1. The van der Waals surface area contributed by atoms with Gasteiger partial charge in [-0.05, 0) is 44.9 Å². The van der Waals surface area contributed by atoms with Crippen LogP contribution in [0.4, 0.5) is 4.39 Å². The number of halogens is 1. The van der Waals surface area contributed by atoms with Crippen LogP contribution in [0.25, 0.3) is 0 Å². The number of hydrogen-bond acceptors (Lipinski definition) is 6. The molecule has 1 unspecified atom stereocenters. The lowest BCUT2D eigenvalue weighted by atomic mass is 10.2. The molecule has 8 nitrogen and oxygen atoms in total. The predicted octanol–water partition coefficient (Wildman–Crippen LogP) is 1.79. The molecule has 0 aliphatic carbocycles. The fourth-order valence-corrected chi connectivity index (χ4v) is 4.35. The molecule has 0 spiro atoms. The van der Waals surface area contributed by atoms with Gasteiger partial charge in [0.15, 0.2) is 5.82 Å². The first kappa shape index (κ1) is 18.5. The van der Waals surface area contributed by atoms with Crippen LogP contribution in [0.15, 0.2) is 27.6 Å². The van der Waals surface area contributed by atoms with Crippen LogP contribution < -0.4 is 5.32 Å². The summed E-state index contributed by atoms with van der Waals surface area (Å²) in [5.74, 6) is -0.787. The van der Waals surface area contributed by atoms with Gasteiger partial charge in [0.25, 0.3) is 5.91 Å². The highest BCUT2D eigenvalue weighted by Gasteiger charge is 2.30. The van der Waals surface area contributed by atoms with Crippen molar-refractivity contribution in [3.05, 3.63) is 41.3 Å². The molecule has 2 aromatic rings. The third-order valence-corrected chi connectivity index (χ3v) is 6.05. The summed E-state index contributed by atoms with van der Waals surface area (Å²) in [4.78, 5) is 15.9. The Morgan fingerprint density at radius 2 is 2.04 bits per heavy atom. The molecule has 2 heterocycles. The van der Waals surface area contributed by atoms with E-state index in [9.17, 15) is 17.6 Å². The van der Waals surface area contributed by atoms with Gasteiger partial charge in [0.1, 0.15) is 16.8 Å². The van der Waals surface area contributed by atoms with Crippen molar-refractivity contribution < 1.29 is 22.1 Å². The van der Waals surface area contributed by atoms with E-state index in [0.29, 0.717) is 18.9 Å². The second kappa shape index (κ2) is 7.12. The summed E-state index contributed by atoms with van der Waals surface area (Å²) < 4.78 is 45.6. The topological polar surface area (TPSA) is 105 Å². The van der Waals surface area contributed by atoms with Crippen LogP contribution in [-0.4, -0.2) is 41.9 Å². The van der Waals surface area contributed by atoms with Gasteiger partial charge in [0.05, 0.1) is 0 Å². The summed E-state index contributed by atoms with van der Waals surface area (Å²) in [5, 5.41) is 6.28. The Hall–Kier alpha value is -2.33. The lowest BCUT2D eigenvalue weighted by Gasteiger charge is -2.17. The van der Waals surface area contributed by atoms with E-state index in [1.807, 2.05) is 0 Å². The number of carbonyl (C=O) groups is 1. The minimum Gasteiger partial charge on any atom is -0.341 e. The van der Waals surface area contributed by atoms with Crippen molar-refractivity contribution in [2.45, 2.75) is 37.6 Å². The van der Waals surface area contributed by atoms with E-state index in [-0.39, 0.29) is 11.5 Å². The Balaban J connectivity index is 1.83. The lowest BCUT2D eigenvalue weighted by molar-refractivity contribution is 0.0932. The number of aromatic nitrogens is 2. The largest absolute Gasteiger partial charge is 0.341 e. The minimum atomic E-state index is -3.97. The summed E-state index contributed by atoms with van der Waals surface area (Å²) in [6.45, 7) is 4.00. The number of benzene rings is 1. The first-order chi connectivity index (χ1) is 12.3. The lowest BCUT2D eigenvalue weighted by Crippen LogP contribution is -2.30. The van der Waals surface area contributed by atoms with E-state index >= 15 is 0 Å². The smallest absolute Gasteiger partial charge is 0.251 e. The average molecular weight is 382 g/mol. The Morgan fingerprint density at radius 3 is 2.65 bits per heavy atom. The van der Waals surface area contributed by atoms with Gasteiger partial charge in [-0.25, -0.2) is 12.8 Å². The molecule has 3 rings (SSSR count). The van der Waals surface area contributed by atoms with E-state index < -0.39 is 32.7 Å². The predicted molar refractivity (Wildman–Crippen MR) is 89.3 cm³/mol. The molecule has 1 aliphatic rings. The zero-order valence-electron chi connectivity index (χ0n) is 14.4. The third kappa shape index (κ3) is 3.61. The maximum absolute atomic E-state index is 14.1. The standard InChI is InChI=1S/C16H19FN4O4S/c1-10(16-19-11(2)20-25-16)18-15(22)12-5-6-13(17)14(9-12)26(23,24)21-7-3-4-8-21/h5-6,9-10H,3-4,7-8H2,1-2H3,(H,18,22). The zero-order valence-corrected chi connectivity index (χ0v) is 15.2. The Kier molecular flexibility index (Phi) is 5.05. The molecule has 1 atom stereocenters. The summed E-state index contributed by atoms with van der Waals surface area (Å²) in [7, 11) is -3.97. The second-order valence-corrected chi connectivity index (χ2v) is 8.04. The van der Waals surface area contributed by atoms with E-state index in [1.54, 1.807) is 13.8 Å². The van der Waals surface area contributed by atoms with Crippen molar-refractivity contribution in [1.29, 1.82) is 0 Å². The van der Waals surface area contributed by atoms with Gasteiger partial charge < -0.3 is 9.84 Å². The highest BCUT2D eigenvalue weighted by Crippen LogP contribution is 2.24. The minimum absolute atomic E-state index is 0.0345. The SMILES string of the molecule is Cc1noc(C(C)NC(=O)c2ccc(F)c(S(=O)(=O)N3CCCC3)c2)n1. The highest BCUT2D eigenvalue weighted by atomic mass is 32.2. The monoisotopic (exact) mass is 382 g/mol. The Morgan fingerprint density at radius 1 is 1.35 bits per heavy atom. The summed E-state index contributed by atoms with van der Waals surface area (Å²) in [6.07, 6.45) is 1.48. The third-order valence-electron chi connectivity index (χ3n) is 4.14. The van der Waals surface area contributed by atoms with Gasteiger partial charge >= 0.3 is 0 Å². The van der Waals surface area contributed by atoms with Crippen molar-refractivity contribution in [2.75, 3.05) is 13.1 Å². The molecular formula is C16H19FN4O4S. The van der Waals surface area contributed by atoms with Crippen molar-refractivity contribution in [3.8, 4) is 0 Å². The van der Waals surface area contributed by atoms with Crippen molar-refractivity contribution >= 4 is 15.9 Å². The molecule has 0 bridgehead atoms. The number of hydrogen-bond donors (Lipinski definition) is 1. The number of nitrogens with zero attached hydrogens (tertiary/aromatic N) is 3. The first-order valence-electron chi connectivity index (χ1n) is 8.20. The number of carbonyl (C=O) groups excluding carboxylic acids is 1. The molecule has 140 valence electrons. The fourth-order valence-electron chi connectivity index (χ4n) is 2.74. The second-order valence-electron chi connectivity index (χ2n) is 6.13. The number of amides is 1. The molecule has 1 aromatic heterocycles. The van der Waals surface area contributed by atoms with Gasteiger partial charge in [0, 0.05) is 18.7 Å². The molecule has 1 aliphatic heterocycles. The van der Waals surface area contributed by atoms with Crippen LogP contribution >= 0.6 is 0 Å². The van der Waals surface area contributed by atoms with Crippen LogP contribution in [0.2, 0.25) is 0 Å². The Labute approximate surface area is 150 Å². The maximum Gasteiger partial charge on any atom is 0.251 e. The summed E-state index contributed by atoms with van der Waals surface area (Å²) in [6, 6.07) is 2.70. The van der Waals surface area contributed by atoms with Crippen LogP contribution in [0.3, 0.4) is 0 Å². The van der Waals surface area contributed by atoms with E-state index in [4.69, 9.17) is 4.52 Å². The molecule has 1 N–H and O–H groups in total. The van der Waals surface area contributed by atoms with E-state index in [2.05, 4.69) is 15.5 Å². The number of nitrogens with one attached hydrogen (secondary N) is 1. The van der Waals surface area contributed by atoms with Gasteiger partial charge in [-0.15, -0.1) is 0 Å². The number of sulfonamides is 1. The van der Waals surface area contributed by atoms with Gasteiger partial charge in [-0.3, -0.25) is 4.79 Å². The van der Waals surface area contributed by atoms with E-state index in [1.165, 1.54) is 10.4 Å². The molecule has 1 fully saturated rings. The number of rotatable bonds is 5.